The first-order chi connectivity index (χ1) is 6.24. The summed E-state index contributed by atoms with van der Waals surface area (Å²) in [5, 5.41) is 0. The SMILES string of the molecule is CCCCOC(=O)[C@H]1CCC(=O)C1. The van der Waals surface area contributed by atoms with Crippen LogP contribution in [0.5, 0.6) is 0 Å². The van der Waals surface area contributed by atoms with Gasteiger partial charge in [-0.15, -0.1) is 0 Å². The van der Waals surface area contributed by atoms with E-state index in [2.05, 4.69) is 0 Å². The van der Waals surface area contributed by atoms with Gasteiger partial charge in [0.05, 0.1) is 12.5 Å². The van der Waals surface area contributed by atoms with Crippen molar-refractivity contribution in [3.8, 4) is 0 Å². The first-order valence-corrected chi connectivity index (χ1v) is 4.92. The monoisotopic (exact) mass is 184 g/mol. The van der Waals surface area contributed by atoms with Crippen LogP contribution in [0.2, 0.25) is 0 Å². The van der Waals surface area contributed by atoms with Gasteiger partial charge in [0.1, 0.15) is 5.78 Å². The largest absolute Gasteiger partial charge is 0.465 e. The van der Waals surface area contributed by atoms with Gasteiger partial charge in [-0.3, -0.25) is 9.59 Å². The molecule has 0 aromatic heterocycles. The molecule has 13 heavy (non-hydrogen) atoms. The molecule has 0 amide bonds. The zero-order valence-electron chi connectivity index (χ0n) is 8.04. The number of Topliss-reactive ketones (excluding diaryl/α,β-unsaturated/α-hetero) is 1. The molecule has 0 radical (unpaired) electrons. The van der Waals surface area contributed by atoms with Crippen LogP contribution in [-0.2, 0) is 14.3 Å². The fourth-order valence-electron chi connectivity index (χ4n) is 1.45. The van der Waals surface area contributed by atoms with Crippen LogP contribution in [0.1, 0.15) is 39.0 Å². The van der Waals surface area contributed by atoms with Crippen LogP contribution in [0.3, 0.4) is 0 Å². The van der Waals surface area contributed by atoms with E-state index in [0.29, 0.717) is 25.9 Å². The fourth-order valence-corrected chi connectivity index (χ4v) is 1.45. The Morgan fingerprint density at radius 2 is 2.38 bits per heavy atom. The van der Waals surface area contributed by atoms with Crippen molar-refractivity contribution in [2.45, 2.75) is 39.0 Å². The van der Waals surface area contributed by atoms with E-state index in [-0.39, 0.29) is 17.7 Å². The fraction of sp³-hybridized carbons (Fsp3) is 0.800. The van der Waals surface area contributed by atoms with Gasteiger partial charge in [-0.1, -0.05) is 13.3 Å². The van der Waals surface area contributed by atoms with Crippen LogP contribution in [0.15, 0.2) is 0 Å². The predicted molar refractivity (Wildman–Crippen MR) is 48.2 cm³/mol. The first-order valence-electron chi connectivity index (χ1n) is 4.92. The molecule has 74 valence electrons. The number of hydrogen-bond acceptors (Lipinski definition) is 3. The molecule has 0 spiro atoms. The van der Waals surface area contributed by atoms with Crippen molar-refractivity contribution in [3.63, 3.8) is 0 Å². The minimum atomic E-state index is -0.181. The zero-order valence-corrected chi connectivity index (χ0v) is 8.04. The Balaban J connectivity index is 2.20. The Morgan fingerprint density at radius 3 is 2.92 bits per heavy atom. The number of ether oxygens (including phenoxy) is 1. The summed E-state index contributed by atoms with van der Waals surface area (Å²) in [7, 11) is 0. The van der Waals surface area contributed by atoms with Gasteiger partial charge < -0.3 is 4.74 Å². The number of esters is 1. The topological polar surface area (TPSA) is 43.4 Å². The van der Waals surface area contributed by atoms with Gasteiger partial charge in [-0.2, -0.15) is 0 Å². The molecule has 0 bridgehead atoms. The number of carbonyl (C=O) groups excluding carboxylic acids is 2. The minimum Gasteiger partial charge on any atom is -0.465 e. The van der Waals surface area contributed by atoms with Gasteiger partial charge in [0.2, 0.25) is 0 Å². The van der Waals surface area contributed by atoms with E-state index in [1.54, 1.807) is 0 Å². The van der Waals surface area contributed by atoms with Gasteiger partial charge in [-0.25, -0.2) is 0 Å². The molecular formula is C10H16O3. The molecule has 1 fully saturated rings. The van der Waals surface area contributed by atoms with E-state index in [4.69, 9.17) is 4.74 Å². The standard InChI is InChI=1S/C10H16O3/c1-2-3-6-13-10(12)8-4-5-9(11)7-8/h8H,2-7H2,1H3/t8-/m0/s1. The molecule has 1 rings (SSSR count). The molecule has 3 heteroatoms. The summed E-state index contributed by atoms with van der Waals surface area (Å²) >= 11 is 0. The third kappa shape index (κ3) is 3.17. The lowest BCUT2D eigenvalue weighted by molar-refractivity contribution is -0.148. The summed E-state index contributed by atoms with van der Waals surface area (Å²) in [6.45, 7) is 2.55. The van der Waals surface area contributed by atoms with E-state index < -0.39 is 0 Å². The highest BCUT2D eigenvalue weighted by Gasteiger charge is 2.29. The summed E-state index contributed by atoms with van der Waals surface area (Å²) in [6, 6.07) is 0. The molecule has 0 unspecified atom stereocenters. The number of ketones is 1. The highest BCUT2D eigenvalue weighted by molar-refractivity contribution is 5.87. The normalized spacial score (nSPS) is 21.9. The molecule has 0 aromatic carbocycles. The lowest BCUT2D eigenvalue weighted by atomic mass is 10.1. The second-order valence-electron chi connectivity index (χ2n) is 3.50. The molecule has 1 atom stereocenters. The summed E-state index contributed by atoms with van der Waals surface area (Å²) in [6.07, 6.45) is 3.56. The average molecular weight is 184 g/mol. The first kappa shape index (κ1) is 10.2. The minimum absolute atomic E-state index is 0.149. The van der Waals surface area contributed by atoms with E-state index >= 15 is 0 Å². The van der Waals surface area contributed by atoms with Gasteiger partial charge in [0.15, 0.2) is 0 Å². The van der Waals surface area contributed by atoms with E-state index in [9.17, 15) is 9.59 Å². The van der Waals surface area contributed by atoms with Crippen molar-refractivity contribution in [2.24, 2.45) is 5.92 Å². The second kappa shape index (κ2) is 5.00. The highest BCUT2D eigenvalue weighted by Crippen LogP contribution is 2.22. The summed E-state index contributed by atoms with van der Waals surface area (Å²) in [4.78, 5) is 22.2. The van der Waals surface area contributed by atoms with Crippen molar-refractivity contribution in [3.05, 3.63) is 0 Å². The number of hydrogen-bond donors (Lipinski definition) is 0. The van der Waals surface area contributed by atoms with Crippen LogP contribution in [-0.4, -0.2) is 18.4 Å². The molecule has 0 heterocycles. The molecule has 3 nitrogen and oxygen atoms in total. The van der Waals surface area contributed by atoms with Crippen molar-refractivity contribution < 1.29 is 14.3 Å². The van der Waals surface area contributed by atoms with E-state index in [0.717, 1.165) is 12.8 Å². The Hall–Kier alpha value is -0.860. The van der Waals surface area contributed by atoms with Crippen LogP contribution in [0.4, 0.5) is 0 Å². The Morgan fingerprint density at radius 1 is 1.62 bits per heavy atom. The van der Waals surface area contributed by atoms with Gasteiger partial charge in [0.25, 0.3) is 0 Å². The predicted octanol–water partition coefficient (Wildman–Crippen LogP) is 1.70. The molecule has 1 aliphatic rings. The Kier molecular flexibility index (Phi) is 3.93. The molecule has 0 aromatic rings. The maximum atomic E-state index is 11.3. The third-order valence-corrected chi connectivity index (χ3v) is 2.32. The van der Waals surface area contributed by atoms with Crippen LogP contribution in [0, 0.1) is 5.92 Å². The number of rotatable bonds is 4. The molecule has 1 aliphatic carbocycles. The summed E-state index contributed by atoms with van der Waals surface area (Å²) in [5.74, 6) is -0.138. The second-order valence-corrected chi connectivity index (χ2v) is 3.50. The smallest absolute Gasteiger partial charge is 0.309 e. The van der Waals surface area contributed by atoms with Crippen molar-refractivity contribution in [2.75, 3.05) is 6.61 Å². The molecular weight excluding hydrogens is 168 g/mol. The Bertz CT molecular complexity index is 198. The lowest BCUT2D eigenvalue weighted by Crippen LogP contribution is -2.15. The highest BCUT2D eigenvalue weighted by atomic mass is 16.5. The van der Waals surface area contributed by atoms with Gasteiger partial charge >= 0.3 is 5.97 Å². The lowest BCUT2D eigenvalue weighted by Gasteiger charge is -2.07. The molecule has 0 N–H and O–H groups in total. The third-order valence-electron chi connectivity index (χ3n) is 2.32. The zero-order chi connectivity index (χ0) is 9.68. The van der Waals surface area contributed by atoms with E-state index in [1.807, 2.05) is 6.92 Å². The number of unbranched alkanes of at least 4 members (excludes halogenated alkanes) is 1. The van der Waals surface area contributed by atoms with Crippen LogP contribution in [0.25, 0.3) is 0 Å². The van der Waals surface area contributed by atoms with Gasteiger partial charge in [-0.05, 0) is 12.8 Å². The van der Waals surface area contributed by atoms with Crippen LogP contribution < -0.4 is 0 Å². The van der Waals surface area contributed by atoms with Crippen LogP contribution >= 0.6 is 0 Å². The maximum Gasteiger partial charge on any atom is 0.309 e. The van der Waals surface area contributed by atoms with E-state index in [1.165, 1.54) is 0 Å². The molecule has 0 aliphatic heterocycles. The number of carbonyl (C=O) groups is 2. The summed E-state index contributed by atoms with van der Waals surface area (Å²) < 4.78 is 5.02. The maximum absolute atomic E-state index is 11.3. The Labute approximate surface area is 78.5 Å². The summed E-state index contributed by atoms with van der Waals surface area (Å²) in [5.41, 5.74) is 0. The van der Waals surface area contributed by atoms with Crippen molar-refractivity contribution >= 4 is 11.8 Å². The average Bonchev–Trinajstić information content (AvgIpc) is 2.52. The van der Waals surface area contributed by atoms with Crippen molar-refractivity contribution in [1.29, 1.82) is 0 Å². The van der Waals surface area contributed by atoms with Gasteiger partial charge in [0, 0.05) is 12.8 Å². The van der Waals surface area contributed by atoms with Crippen molar-refractivity contribution in [1.82, 2.24) is 0 Å². The quantitative estimate of drug-likeness (QED) is 0.493. The molecule has 1 saturated carbocycles. The molecule has 0 saturated heterocycles.